The second-order valence-electron chi connectivity index (χ2n) is 6.15. The summed E-state index contributed by atoms with van der Waals surface area (Å²) in [6, 6.07) is 12.7. The van der Waals surface area contributed by atoms with E-state index in [1.165, 1.54) is 11.8 Å². The molecule has 0 radical (unpaired) electrons. The lowest BCUT2D eigenvalue weighted by Crippen LogP contribution is -2.23. The summed E-state index contributed by atoms with van der Waals surface area (Å²) in [5.74, 6) is 1.75. The second-order valence-corrected chi connectivity index (χ2v) is 7.46. The summed E-state index contributed by atoms with van der Waals surface area (Å²) < 4.78 is 18.0. The Morgan fingerprint density at radius 1 is 1.21 bits per heavy atom. The van der Waals surface area contributed by atoms with Gasteiger partial charge in [0.25, 0.3) is 0 Å². The molecule has 1 unspecified atom stereocenters. The number of carbonyl (C=O) groups is 1. The maximum atomic E-state index is 12.7. The van der Waals surface area contributed by atoms with Gasteiger partial charge in [0.15, 0.2) is 11.5 Å². The standard InChI is InChI=1S/C19H19N5O4S/c1-12(18(25)20-13-7-8-16-17(11-13)28-10-9-27-16)29-19-21-22-23-24(19)14-5-3-4-6-15(14)26-2/h3-8,11-12H,9-10H2,1-2H3,(H,20,25). The summed E-state index contributed by atoms with van der Waals surface area (Å²) in [5, 5.41) is 14.8. The van der Waals surface area contributed by atoms with Crippen LogP contribution in [-0.4, -0.2) is 51.7 Å². The van der Waals surface area contributed by atoms with Crippen molar-refractivity contribution >= 4 is 23.4 Å². The summed E-state index contributed by atoms with van der Waals surface area (Å²) >= 11 is 1.25. The van der Waals surface area contributed by atoms with Gasteiger partial charge in [-0.15, -0.1) is 5.10 Å². The Balaban J connectivity index is 1.47. The molecule has 0 bridgehead atoms. The van der Waals surface area contributed by atoms with Crippen molar-refractivity contribution in [3.05, 3.63) is 42.5 Å². The van der Waals surface area contributed by atoms with Crippen molar-refractivity contribution in [2.24, 2.45) is 0 Å². The molecule has 1 amide bonds. The zero-order valence-electron chi connectivity index (χ0n) is 15.9. The van der Waals surface area contributed by atoms with Gasteiger partial charge in [-0.25, -0.2) is 0 Å². The first-order chi connectivity index (χ1) is 14.2. The molecule has 0 saturated carbocycles. The van der Waals surface area contributed by atoms with E-state index in [0.29, 0.717) is 47.0 Å². The van der Waals surface area contributed by atoms with Gasteiger partial charge in [-0.2, -0.15) is 4.68 Å². The average molecular weight is 413 g/mol. The molecule has 0 aliphatic carbocycles. The number of fused-ring (bicyclic) bond motifs is 1. The number of tetrazole rings is 1. The lowest BCUT2D eigenvalue weighted by molar-refractivity contribution is -0.115. The summed E-state index contributed by atoms with van der Waals surface area (Å²) in [6.45, 7) is 2.80. The molecule has 2 aromatic carbocycles. The normalized spacial score (nSPS) is 13.6. The van der Waals surface area contributed by atoms with Crippen molar-refractivity contribution < 1.29 is 19.0 Å². The van der Waals surface area contributed by atoms with Crippen LogP contribution in [0.15, 0.2) is 47.6 Å². The summed E-state index contributed by atoms with van der Waals surface area (Å²) in [7, 11) is 1.58. The third-order valence-electron chi connectivity index (χ3n) is 4.22. The molecule has 2 heterocycles. The van der Waals surface area contributed by atoms with E-state index < -0.39 is 5.25 Å². The number of hydrogen-bond acceptors (Lipinski definition) is 8. The fourth-order valence-electron chi connectivity index (χ4n) is 2.78. The van der Waals surface area contributed by atoms with Crippen LogP contribution >= 0.6 is 11.8 Å². The highest BCUT2D eigenvalue weighted by atomic mass is 32.2. The second kappa shape index (κ2) is 8.39. The van der Waals surface area contributed by atoms with E-state index in [9.17, 15) is 4.79 Å². The molecule has 1 atom stereocenters. The minimum Gasteiger partial charge on any atom is -0.494 e. The van der Waals surface area contributed by atoms with Gasteiger partial charge in [-0.3, -0.25) is 4.79 Å². The van der Waals surface area contributed by atoms with Crippen molar-refractivity contribution in [3.8, 4) is 22.9 Å². The zero-order chi connectivity index (χ0) is 20.2. The molecule has 1 aliphatic rings. The Kier molecular flexibility index (Phi) is 5.52. The third-order valence-corrected chi connectivity index (χ3v) is 5.25. The fraction of sp³-hybridized carbons (Fsp3) is 0.263. The van der Waals surface area contributed by atoms with Crippen molar-refractivity contribution in [2.75, 3.05) is 25.6 Å². The maximum Gasteiger partial charge on any atom is 0.237 e. The van der Waals surface area contributed by atoms with Crippen LogP contribution in [0.4, 0.5) is 5.69 Å². The molecule has 150 valence electrons. The molecule has 1 aromatic heterocycles. The molecule has 0 saturated heterocycles. The van der Waals surface area contributed by atoms with E-state index >= 15 is 0 Å². The van der Waals surface area contributed by atoms with Crippen LogP contribution in [0.25, 0.3) is 5.69 Å². The van der Waals surface area contributed by atoms with E-state index in [4.69, 9.17) is 14.2 Å². The van der Waals surface area contributed by atoms with E-state index in [0.717, 1.165) is 0 Å². The van der Waals surface area contributed by atoms with Crippen LogP contribution in [0.3, 0.4) is 0 Å². The number of anilines is 1. The summed E-state index contributed by atoms with van der Waals surface area (Å²) in [4.78, 5) is 12.7. The van der Waals surface area contributed by atoms with Crippen molar-refractivity contribution in [1.29, 1.82) is 0 Å². The highest BCUT2D eigenvalue weighted by molar-refractivity contribution is 8.00. The Morgan fingerprint density at radius 3 is 2.83 bits per heavy atom. The number of ether oxygens (including phenoxy) is 3. The number of hydrogen-bond donors (Lipinski definition) is 1. The van der Waals surface area contributed by atoms with Gasteiger partial charge in [-0.05, 0) is 41.6 Å². The average Bonchev–Trinajstić information content (AvgIpc) is 3.21. The van der Waals surface area contributed by atoms with Gasteiger partial charge in [-0.1, -0.05) is 23.9 Å². The third kappa shape index (κ3) is 4.11. The van der Waals surface area contributed by atoms with Crippen LogP contribution in [0.2, 0.25) is 0 Å². The number of carbonyl (C=O) groups excluding carboxylic acids is 1. The van der Waals surface area contributed by atoms with Crippen LogP contribution in [0.1, 0.15) is 6.92 Å². The van der Waals surface area contributed by atoms with Gasteiger partial charge in [0.1, 0.15) is 24.7 Å². The number of nitrogens with one attached hydrogen (secondary N) is 1. The molecule has 3 aromatic rings. The zero-order valence-corrected chi connectivity index (χ0v) is 16.7. The number of rotatable bonds is 6. The molecule has 4 rings (SSSR count). The predicted octanol–water partition coefficient (Wildman–Crippen LogP) is 2.56. The first-order valence-electron chi connectivity index (χ1n) is 8.94. The van der Waals surface area contributed by atoms with E-state index in [2.05, 4.69) is 20.8 Å². The molecular formula is C19H19N5O4S. The topological polar surface area (TPSA) is 100 Å². The van der Waals surface area contributed by atoms with Crippen molar-refractivity contribution in [3.63, 3.8) is 0 Å². The van der Waals surface area contributed by atoms with Crippen molar-refractivity contribution in [1.82, 2.24) is 20.2 Å². The van der Waals surface area contributed by atoms with Gasteiger partial charge in [0.2, 0.25) is 11.1 Å². The summed E-state index contributed by atoms with van der Waals surface area (Å²) in [6.07, 6.45) is 0. The monoisotopic (exact) mass is 413 g/mol. The first-order valence-corrected chi connectivity index (χ1v) is 9.82. The quantitative estimate of drug-likeness (QED) is 0.616. The molecule has 0 fully saturated rings. The molecular weight excluding hydrogens is 394 g/mol. The van der Waals surface area contributed by atoms with Crippen LogP contribution < -0.4 is 19.5 Å². The number of amides is 1. The Bertz CT molecular complexity index is 1030. The smallest absolute Gasteiger partial charge is 0.237 e. The number of para-hydroxylation sites is 2. The summed E-state index contributed by atoms with van der Waals surface area (Å²) in [5.41, 5.74) is 1.33. The highest BCUT2D eigenvalue weighted by Gasteiger charge is 2.21. The maximum absolute atomic E-state index is 12.7. The molecule has 10 heteroatoms. The van der Waals surface area contributed by atoms with Gasteiger partial charge >= 0.3 is 0 Å². The van der Waals surface area contributed by atoms with Crippen molar-refractivity contribution in [2.45, 2.75) is 17.3 Å². The number of nitrogens with zero attached hydrogens (tertiary/aromatic N) is 4. The van der Waals surface area contributed by atoms with Crippen LogP contribution in [0, 0.1) is 0 Å². The number of aromatic nitrogens is 4. The first kappa shape index (κ1) is 19.1. The number of methoxy groups -OCH3 is 1. The highest BCUT2D eigenvalue weighted by Crippen LogP contribution is 2.33. The number of benzene rings is 2. The Hall–Kier alpha value is -3.27. The molecule has 9 nitrogen and oxygen atoms in total. The van der Waals surface area contributed by atoms with E-state index in [1.54, 1.807) is 36.9 Å². The molecule has 29 heavy (non-hydrogen) atoms. The van der Waals surface area contributed by atoms with Gasteiger partial charge < -0.3 is 19.5 Å². The minimum atomic E-state index is -0.442. The SMILES string of the molecule is COc1ccccc1-n1nnnc1SC(C)C(=O)Nc1ccc2c(c1)OCCO2. The minimum absolute atomic E-state index is 0.179. The van der Waals surface area contributed by atoms with E-state index in [-0.39, 0.29) is 5.91 Å². The Morgan fingerprint density at radius 2 is 2.00 bits per heavy atom. The lowest BCUT2D eigenvalue weighted by atomic mass is 10.2. The van der Waals surface area contributed by atoms with E-state index in [1.807, 2.05) is 24.3 Å². The largest absolute Gasteiger partial charge is 0.494 e. The predicted molar refractivity (Wildman–Crippen MR) is 107 cm³/mol. The van der Waals surface area contributed by atoms with Gasteiger partial charge in [0, 0.05) is 11.8 Å². The molecule has 1 N–H and O–H groups in total. The Labute approximate surface area is 171 Å². The number of thioether (sulfide) groups is 1. The fourth-order valence-corrected chi connectivity index (χ4v) is 3.59. The van der Waals surface area contributed by atoms with Crippen LogP contribution in [0.5, 0.6) is 17.2 Å². The van der Waals surface area contributed by atoms with Crippen LogP contribution in [-0.2, 0) is 4.79 Å². The molecule has 0 spiro atoms. The molecule has 1 aliphatic heterocycles. The lowest BCUT2D eigenvalue weighted by Gasteiger charge is -2.19. The van der Waals surface area contributed by atoms with Gasteiger partial charge in [0.05, 0.1) is 12.4 Å².